The van der Waals surface area contributed by atoms with Crippen LogP contribution in [-0.2, 0) is 11.3 Å². The van der Waals surface area contributed by atoms with Crippen LogP contribution in [-0.4, -0.2) is 33.9 Å². The van der Waals surface area contributed by atoms with Crippen LogP contribution in [0, 0.1) is 5.82 Å². The standard InChI is InChI=1S/C15H17FN4O/c1-11(14(21)19-15-17-8-3-9-18-15)20(2)10-12-4-6-13(16)7-5-12/h3-9,11H,10H2,1-2H3,(H,17,18,19,21)/t11-/m1/s1. The molecule has 1 N–H and O–H groups in total. The predicted octanol–water partition coefficient (Wildman–Crippen LogP) is 2.07. The number of hydrogen-bond donors (Lipinski definition) is 1. The van der Waals surface area contributed by atoms with Crippen molar-refractivity contribution in [3.63, 3.8) is 0 Å². The van der Waals surface area contributed by atoms with E-state index in [0.29, 0.717) is 6.54 Å². The van der Waals surface area contributed by atoms with Gasteiger partial charge in [0.15, 0.2) is 0 Å². The molecule has 0 saturated carbocycles. The van der Waals surface area contributed by atoms with Crippen molar-refractivity contribution in [3.8, 4) is 0 Å². The van der Waals surface area contributed by atoms with Crippen LogP contribution >= 0.6 is 0 Å². The Morgan fingerprint density at radius 1 is 1.29 bits per heavy atom. The van der Waals surface area contributed by atoms with Gasteiger partial charge in [-0.3, -0.25) is 15.0 Å². The first kappa shape index (κ1) is 15.1. The van der Waals surface area contributed by atoms with Crippen molar-refractivity contribution < 1.29 is 9.18 Å². The van der Waals surface area contributed by atoms with E-state index >= 15 is 0 Å². The lowest BCUT2D eigenvalue weighted by Crippen LogP contribution is -2.39. The van der Waals surface area contributed by atoms with Crippen LogP contribution in [0.4, 0.5) is 10.3 Å². The fraction of sp³-hybridized carbons (Fsp3) is 0.267. The molecule has 6 heteroatoms. The van der Waals surface area contributed by atoms with Gasteiger partial charge in [0, 0.05) is 18.9 Å². The molecule has 0 spiro atoms. The topological polar surface area (TPSA) is 58.1 Å². The molecule has 5 nitrogen and oxygen atoms in total. The maximum atomic E-state index is 12.9. The Kier molecular flexibility index (Phi) is 4.94. The van der Waals surface area contributed by atoms with E-state index in [-0.39, 0.29) is 23.7 Å². The lowest BCUT2D eigenvalue weighted by molar-refractivity contribution is -0.120. The first-order chi connectivity index (χ1) is 10.1. The van der Waals surface area contributed by atoms with Gasteiger partial charge in [0.05, 0.1) is 6.04 Å². The van der Waals surface area contributed by atoms with E-state index in [0.717, 1.165) is 5.56 Å². The van der Waals surface area contributed by atoms with Gasteiger partial charge in [-0.25, -0.2) is 14.4 Å². The molecular formula is C15H17FN4O. The maximum absolute atomic E-state index is 12.9. The van der Waals surface area contributed by atoms with E-state index in [1.54, 1.807) is 37.5 Å². The number of carbonyl (C=O) groups excluding carboxylic acids is 1. The number of rotatable bonds is 5. The summed E-state index contributed by atoms with van der Waals surface area (Å²) in [7, 11) is 1.83. The number of hydrogen-bond acceptors (Lipinski definition) is 4. The van der Waals surface area contributed by atoms with Gasteiger partial charge in [-0.1, -0.05) is 12.1 Å². The van der Waals surface area contributed by atoms with Gasteiger partial charge < -0.3 is 0 Å². The Hall–Kier alpha value is -2.34. The van der Waals surface area contributed by atoms with Crippen molar-refractivity contribution in [1.29, 1.82) is 0 Å². The molecular weight excluding hydrogens is 271 g/mol. The Bertz CT molecular complexity index is 588. The molecule has 0 aliphatic rings. The summed E-state index contributed by atoms with van der Waals surface area (Å²) in [5, 5.41) is 2.65. The van der Waals surface area contributed by atoms with E-state index in [1.807, 2.05) is 11.9 Å². The van der Waals surface area contributed by atoms with Gasteiger partial charge in [0.2, 0.25) is 11.9 Å². The van der Waals surface area contributed by atoms with Crippen molar-refractivity contribution in [3.05, 3.63) is 54.1 Å². The number of benzene rings is 1. The van der Waals surface area contributed by atoms with Crippen molar-refractivity contribution in [1.82, 2.24) is 14.9 Å². The molecule has 0 bridgehead atoms. The molecule has 1 aromatic carbocycles. The highest BCUT2D eigenvalue weighted by atomic mass is 19.1. The first-order valence-corrected chi connectivity index (χ1v) is 6.59. The van der Waals surface area contributed by atoms with Crippen LogP contribution in [0.3, 0.4) is 0 Å². The van der Waals surface area contributed by atoms with Gasteiger partial charge in [-0.15, -0.1) is 0 Å². The summed E-state index contributed by atoms with van der Waals surface area (Å²) < 4.78 is 12.9. The highest BCUT2D eigenvalue weighted by molar-refractivity contribution is 5.92. The molecule has 0 aliphatic heterocycles. The number of nitrogens with zero attached hydrogens (tertiary/aromatic N) is 3. The quantitative estimate of drug-likeness (QED) is 0.915. The molecule has 1 heterocycles. The summed E-state index contributed by atoms with van der Waals surface area (Å²) in [5.74, 6) is -0.177. The number of carbonyl (C=O) groups is 1. The van der Waals surface area contributed by atoms with E-state index < -0.39 is 0 Å². The molecule has 0 radical (unpaired) electrons. The number of nitrogens with one attached hydrogen (secondary N) is 1. The third kappa shape index (κ3) is 4.32. The predicted molar refractivity (Wildman–Crippen MR) is 78.0 cm³/mol. The van der Waals surface area contributed by atoms with E-state index in [4.69, 9.17) is 0 Å². The van der Waals surface area contributed by atoms with Crippen LogP contribution in [0.1, 0.15) is 12.5 Å². The molecule has 21 heavy (non-hydrogen) atoms. The van der Waals surface area contributed by atoms with E-state index in [2.05, 4.69) is 15.3 Å². The molecule has 0 saturated heterocycles. The average molecular weight is 288 g/mol. The Morgan fingerprint density at radius 2 is 1.90 bits per heavy atom. The van der Waals surface area contributed by atoms with E-state index in [9.17, 15) is 9.18 Å². The zero-order chi connectivity index (χ0) is 15.2. The van der Waals surface area contributed by atoms with Gasteiger partial charge >= 0.3 is 0 Å². The SMILES string of the molecule is C[C@H](C(=O)Nc1ncccn1)N(C)Cc1ccc(F)cc1. The largest absolute Gasteiger partial charge is 0.293 e. The van der Waals surface area contributed by atoms with Crippen molar-refractivity contribution >= 4 is 11.9 Å². The van der Waals surface area contributed by atoms with Crippen LogP contribution in [0.25, 0.3) is 0 Å². The summed E-state index contributed by atoms with van der Waals surface area (Å²) in [4.78, 5) is 21.9. The molecule has 2 rings (SSSR count). The number of halogens is 1. The summed E-state index contributed by atoms with van der Waals surface area (Å²) in [6.45, 7) is 2.34. The van der Waals surface area contributed by atoms with Crippen molar-refractivity contribution in [2.45, 2.75) is 19.5 Å². The second-order valence-corrected chi connectivity index (χ2v) is 4.78. The zero-order valence-electron chi connectivity index (χ0n) is 12.0. The number of likely N-dealkylation sites (N-methyl/N-ethyl adjacent to an activating group) is 1. The van der Waals surface area contributed by atoms with Crippen LogP contribution in [0.2, 0.25) is 0 Å². The zero-order valence-corrected chi connectivity index (χ0v) is 12.0. The minimum atomic E-state index is -0.362. The van der Waals surface area contributed by atoms with Crippen LogP contribution < -0.4 is 5.32 Å². The summed E-state index contributed by atoms with van der Waals surface area (Å²) in [5.41, 5.74) is 0.939. The second-order valence-electron chi connectivity index (χ2n) is 4.78. The average Bonchev–Trinajstić information content (AvgIpc) is 2.49. The third-order valence-electron chi connectivity index (χ3n) is 3.19. The molecule has 110 valence electrons. The number of anilines is 1. The number of aromatic nitrogens is 2. The Labute approximate surface area is 122 Å². The molecule has 0 fully saturated rings. The van der Waals surface area contributed by atoms with Gasteiger partial charge in [-0.05, 0) is 37.7 Å². The highest BCUT2D eigenvalue weighted by Gasteiger charge is 2.18. The van der Waals surface area contributed by atoms with Gasteiger partial charge in [0.1, 0.15) is 5.82 Å². The lowest BCUT2D eigenvalue weighted by Gasteiger charge is -2.23. The molecule has 0 aliphatic carbocycles. The van der Waals surface area contributed by atoms with Crippen LogP contribution in [0.15, 0.2) is 42.7 Å². The highest BCUT2D eigenvalue weighted by Crippen LogP contribution is 2.09. The second kappa shape index (κ2) is 6.90. The van der Waals surface area contributed by atoms with Gasteiger partial charge in [0.25, 0.3) is 0 Å². The molecule has 0 unspecified atom stereocenters. The monoisotopic (exact) mass is 288 g/mol. The van der Waals surface area contributed by atoms with Gasteiger partial charge in [-0.2, -0.15) is 0 Å². The van der Waals surface area contributed by atoms with E-state index in [1.165, 1.54) is 12.1 Å². The van der Waals surface area contributed by atoms with Crippen molar-refractivity contribution in [2.24, 2.45) is 0 Å². The third-order valence-corrected chi connectivity index (χ3v) is 3.19. The fourth-order valence-corrected chi connectivity index (χ4v) is 1.79. The summed E-state index contributed by atoms with van der Waals surface area (Å²) in [6, 6.07) is 7.55. The normalized spacial score (nSPS) is 12.2. The summed E-state index contributed by atoms with van der Waals surface area (Å²) in [6.07, 6.45) is 3.13. The van der Waals surface area contributed by atoms with Crippen LogP contribution in [0.5, 0.6) is 0 Å². The molecule has 1 atom stereocenters. The minimum absolute atomic E-state index is 0.189. The molecule has 1 amide bonds. The minimum Gasteiger partial charge on any atom is -0.293 e. The Morgan fingerprint density at radius 3 is 2.52 bits per heavy atom. The molecule has 2 aromatic rings. The number of amides is 1. The fourth-order valence-electron chi connectivity index (χ4n) is 1.79. The smallest absolute Gasteiger partial charge is 0.243 e. The summed E-state index contributed by atoms with van der Waals surface area (Å²) >= 11 is 0. The first-order valence-electron chi connectivity index (χ1n) is 6.59. The Balaban J connectivity index is 1.93. The molecule has 1 aromatic heterocycles. The lowest BCUT2D eigenvalue weighted by atomic mass is 10.2. The van der Waals surface area contributed by atoms with Crippen molar-refractivity contribution in [2.75, 3.05) is 12.4 Å². The maximum Gasteiger partial charge on any atom is 0.243 e.